The summed E-state index contributed by atoms with van der Waals surface area (Å²) >= 11 is 5.86. The van der Waals surface area contributed by atoms with Gasteiger partial charge in [0.1, 0.15) is 12.4 Å². The number of guanidine groups is 1. The zero-order valence-corrected chi connectivity index (χ0v) is 14.4. The maximum Gasteiger partial charge on any atom is 0.192 e. The molecule has 0 unspecified atom stereocenters. The van der Waals surface area contributed by atoms with E-state index in [1.54, 1.807) is 12.1 Å². The molecule has 1 aromatic rings. The lowest BCUT2D eigenvalue weighted by Crippen LogP contribution is -2.37. The van der Waals surface area contributed by atoms with Gasteiger partial charge >= 0.3 is 0 Å². The van der Waals surface area contributed by atoms with Crippen LogP contribution in [-0.4, -0.2) is 32.2 Å². The van der Waals surface area contributed by atoms with Gasteiger partial charge in [0.25, 0.3) is 0 Å². The van der Waals surface area contributed by atoms with Gasteiger partial charge in [0.2, 0.25) is 0 Å². The van der Waals surface area contributed by atoms with Crippen molar-refractivity contribution in [1.29, 1.82) is 0 Å². The van der Waals surface area contributed by atoms with Gasteiger partial charge in [0.15, 0.2) is 5.96 Å². The minimum atomic E-state index is 0. The van der Waals surface area contributed by atoms with Crippen molar-refractivity contribution >= 4 is 41.5 Å². The van der Waals surface area contributed by atoms with Crippen LogP contribution in [-0.2, 0) is 0 Å². The molecule has 0 aliphatic rings. The van der Waals surface area contributed by atoms with Crippen LogP contribution in [0.3, 0.4) is 0 Å². The largest absolute Gasteiger partial charge is 0.492 e. The highest BCUT2D eigenvalue weighted by atomic mass is 127. The normalized spacial score (nSPS) is 10.2. The third-order valence-corrected chi connectivity index (χ3v) is 2.36. The monoisotopic (exact) mass is 407 g/mol. The smallest absolute Gasteiger partial charge is 0.192 e. The van der Waals surface area contributed by atoms with Crippen LogP contribution in [0.15, 0.2) is 29.3 Å². The zero-order chi connectivity index (χ0) is 13.9. The third-order valence-electron chi connectivity index (χ3n) is 2.13. The average Bonchev–Trinajstić information content (AvgIpc) is 2.41. The Balaban J connectivity index is 0.00000361. The second-order valence-electron chi connectivity index (χ2n) is 3.62. The van der Waals surface area contributed by atoms with Crippen molar-refractivity contribution in [3.8, 4) is 18.1 Å². The molecule has 0 saturated heterocycles. The second kappa shape index (κ2) is 11.7. The van der Waals surface area contributed by atoms with Gasteiger partial charge in [-0.15, -0.1) is 30.4 Å². The fourth-order valence-electron chi connectivity index (χ4n) is 1.35. The minimum Gasteiger partial charge on any atom is -0.492 e. The number of nitrogens with zero attached hydrogens (tertiary/aromatic N) is 1. The van der Waals surface area contributed by atoms with Gasteiger partial charge < -0.3 is 15.4 Å². The molecular formula is C14H19ClIN3O. The Bertz CT molecular complexity index is 460. The first-order valence-corrected chi connectivity index (χ1v) is 6.48. The van der Waals surface area contributed by atoms with Crippen molar-refractivity contribution < 1.29 is 4.74 Å². The van der Waals surface area contributed by atoms with Gasteiger partial charge in [-0.2, -0.15) is 0 Å². The van der Waals surface area contributed by atoms with Crippen LogP contribution in [0.25, 0.3) is 0 Å². The van der Waals surface area contributed by atoms with Gasteiger partial charge in [-0.1, -0.05) is 23.6 Å². The van der Waals surface area contributed by atoms with Crippen molar-refractivity contribution in [3.05, 3.63) is 29.3 Å². The van der Waals surface area contributed by atoms with Crippen LogP contribution >= 0.6 is 35.6 Å². The number of hydrogen-bond acceptors (Lipinski definition) is 2. The SMILES string of the molecule is C#CCNC(=NCCOc1cccc(Cl)c1)NCC.I. The number of hydrogen-bond donors (Lipinski definition) is 2. The Hall–Kier alpha value is -1.13. The molecule has 0 radical (unpaired) electrons. The highest BCUT2D eigenvalue weighted by Gasteiger charge is 1.96. The van der Waals surface area contributed by atoms with Crippen LogP contribution < -0.4 is 15.4 Å². The molecule has 0 aromatic heterocycles. The van der Waals surface area contributed by atoms with Gasteiger partial charge in [0, 0.05) is 11.6 Å². The molecule has 0 spiro atoms. The van der Waals surface area contributed by atoms with E-state index in [1.807, 2.05) is 19.1 Å². The van der Waals surface area contributed by atoms with E-state index in [2.05, 4.69) is 21.5 Å². The number of aliphatic imine (C=N–C) groups is 1. The summed E-state index contributed by atoms with van der Waals surface area (Å²) < 4.78 is 5.53. The van der Waals surface area contributed by atoms with Crippen LogP contribution in [0.5, 0.6) is 5.75 Å². The number of nitrogens with one attached hydrogen (secondary N) is 2. The lowest BCUT2D eigenvalue weighted by atomic mass is 10.3. The van der Waals surface area contributed by atoms with Crippen molar-refractivity contribution in [2.75, 3.05) is 26.2 Å². The molecule has 6 heteroatoms. The Morgan fingerprint density at radius 3 is 2.90 bits per heavy atom. The molecule has 0 saturated carbocycles. The second-order valence-corrected chi connectivity index (χ2v) is 4.06. The molecule has 0 atom stereocenters. The minimum absolute atomic E-state index is 0. The lowest BCUT2D eigenvalue weighted by Gasteiger charge is -2.09. The summed E-state index contributed by atoms with van der Waals surface area (Å²) in [4.78, 5) is 4.33. The van der Waals surface area contributed by atoms with Crippen LogP contribution in [0.1, 0.15) is 6.92 Å². The zero-order valence-electron chi connectivity index (χ0n) is 11.4. The molecule has 0 aliphatic heterocycles. The highest BCUT2D eigenvalue weighted by molar-refractivity contribution is 14.0. The van der Waals surface area contributed by atoms with Crippen LogP contribution in [0, 0.1) is 12.3 Å². The topological polar surface area (TPSA) is 45.7 Å². The maximum atomic E-state index is 5.86. The van der Waals surface area contributed by atoms with E-state index in [-0.39, 0.29) is 24.0 Å². The van der Waals surface area contributed by atoms with Crippen LogP contribution in [0.4, 0.5) is 0 Å². The van der Waals surface area contributed by atoms with Crippen molar-refractivity contribution in [2.24, 2.45) is 4.99 Å². The fraction of sp³-hybridized carbons (Fsp3) is 0.357. The Kier molecular flexibility index (Phi) is 11.0. The van der Waals surface area contributed by atoms with Gasteiger partial charge in [-0.25, -0.2) is 4.99 Å². The first-order valence-electron chi connectivity index (χ1n) is 6.10. The Labute approximate surface area is 142 Å². The van der Waals surface area contributed by atoms with E-state index in [0.717, 1.165) is 12.3 Å². The standard InChI is InChI=1S/C14H18ClN3O.HI/c1-3-8-17-14(16-4-2)18-9-10-19-13-7-5-6-12(15)11-13;/h1,5-7,11H,4,8-10H2,2H3,(H2,16,17,18);1H. The van der Waals surface area contributed by atoms with Crippen LogP contribution in [0.2, 0.25) is 5.02 Å². The summed E-state index contributed by atoms with van der Waals surface area (Å²) in [6.07, 6.45) is 5.19. The first kappa shape index (κ1) is 18.9. The molecule has 2 N–H and O–H groups in total. The summed E-state index contributed by atoms with van der Waals surface area (Å²) in [6, 6.07) is 7.28. The van der Waals surface area contributed by atoms with Crippen molar-refractivity contribution in [1.82, 2.24) is 10.6 Å². The van der Waals surface area contributed by atoms with E-state index < -0.39 is 0 Å². The number of ether oxygens (including phenoxy) is 1. The number of halogens is 2. The third kappa shape index (κ3) is 8.12. The van der Waals surface area contributed by atoms with Gasteiger partial charge in [0.05, 0.1) is 13.1 Å². The molecule has 1 rings (SSSR count). The van der Waals surface area contributed by atoms with E-state index in [1.165, 1.54) is 0 Å². The predicted molar refractivity (Wildman–Crippen MR) is 95.2 cm³/mol. The summed E-state index contributed by atoms with van der Waals surface area (Å²) in [5.74, 6) is 3.93. The Morgan fingerprint density at radius 1 is 1.45 bits per heavy atom. The summed E-state index contributed by atoms with van der Waals surface area (Å²) in [6.45, 7) is 4.24. The number of benzene rings is 1. The van der Waals surface area contributed by atoms with Gasteiger partial charge in [-0.3, -0.25) is 0 Å². The number of terminal acetylenes is 1. The molecule has 0 aliphatic carbocycles. The molecule has 1 aromatic carbocycles. The predicted octanol–water partition coefficient (Wildman–Crippen LogP) is 2.53. The summed E-state index contributed by atoms with van der Waals surface area (Å²) in [7, 11) is 0. The molecule has 110 valence electrons. The summed E-state index contributed by atoms with van der Waals surface area (Å²) in [5.41, 5.74) is 0. The highest BCUT2D eigenvalue weighted by Crippen LogP contribution is 2.16. The summed E-state index contributed by atoms with van der Waals surface area (Å²) in [5, 5.41) is 6.75. The fourth-order valence-corrected chi connectivity index (χ4v) is 1.53. The number of rotatable bonds is 6. The van der Waals surface area contributed by atoms with E-state index in [9.17, 15) is 0 Å². The molecular weight excluding hydrogens is 389 g/mol. The quantitative estimate of drug-likeness (QED) is 0.250. The molecule has 0 fully saturated rings. The van der Waals surface area contributed by atoms with Gasteiger partial charge in [-0.05, 0) is 25.1 Å². The molecule has 0 heterocycles. The molecule has 20 heavy (non-hydrogen) atoms. The van der Waals surface area contributed by atoms with E-state index in [0.29, 0.717) is 30.7 Å². The maximum absolute atomic E-state index is 5.86. The average molecular weight is 408 g/mol. The molecule has 4 nitrogen and oxygen atoms in total. The lowest BCUT2D eigenvalue weighted by molar-refractivity contribution is 0.328. The first-order chi connectivity index (χ1) is 9.26. The Morgan fingerprint density at radius 2 is 2.25 bits per heavy atom. The van der Waals surface area contributed by atoms with Crippen molar-refractivity contribution in [2.45, 2.75) is 6.92 Å². The van der Waals surface area contributed by atoms with E-state index in [4.69, 9.17) is 22.8 Å². The van der Waals surface area contributed by atoms with Crippen molar-refractivity contribution in [3.63, 3.8) is 0 Å². The molecule has 0 amide bonds. The van der Waals surface area contributed by atoms with E-state index >= 15 is 0 Å². The molecule has 0 bridgehead atoms.